The lowest BCUT2D eigenvalue weighted by Crippen LogP contribution is -2.24. The quantitative estimate of drug-likeness (QED) is 0.449. The van der Waals surface area contributed by atoms with Crippen molar-refractivity contribution in [2.75, 3.05) is 12.4 Å². The van der Waals surface area contributed by atoms with Crippen LogP contribution in [-0.2, 0) is 24.1 Å². The third-order valence-electron chi connectivity index (χ3n) is 5.11. The molecular formula is C19H24N2O2S2. The molecule has 1 saturated heterocycles. The molecule has 0 aromatic carbocycles. The first-order valence-corrected chi connectivity index (χ1v) is 10.9. The van der Waals surface area contributed by atoms with Crippen molar-refractivity contribution < 1.29 is 4.74 Å². The minimum Gasteiger partial charge on any atom is -0.377 e. The van der Waals surface area contributed by atoms with Gasteiger partial charge in [0, 0.05) is 23.8 Å². The Morgan fingerprint density at radius 1 is 1.48 bits per heavy atom. The lowest BCUT2D eigenvalue weighted by atomic mass is 9.89. The number of hydrogen-bond donors (Lipinski definition) is 0. The molecular weight excluding hydrogens is 352 g/mol. The van der Waals surface area contributed by atoms with E-state index in [1.54, 1.807) is 33.7 Å². The van der Waals surface area contributed by atoms with Crippen molar-refractivity contribution in [1.82, 2.24) is 9.55 Å². The van der Waals surface area contributed by atoms with Crippen LogP contribution < -0.4 is 5.56 Å². The van der Waals surface area contributed by atoms with E-state index in [-0.39, 0.29) is 11.7 Å². The maximum absolute atomic E-state index is 13.2. The van der Waals surface area contributed by atoms with Crippen molar-refractivity contribution in [3.05, 3.63) is 33.4 Å². The summed E-state index contributed by atoms with van der Waals surface area (Å²) in [5.74, 6) is 1.56. The second-order valence-electron chi connectivity index (χ2n) is 7.08. The SMILES string of the molecule is C=CCn1c(SC[C@H]2CCCO2)nc2sc3c(c2c1=O)CC[C@H](C)C3. The second kappa shape index (κ2) is 7.25. The summed E-state index contributed by atoms with van der Waals surface area (Å²) in [5, 5.41) is 1.66. The van der Waals surface area contributed by atoms with Gasteiger partial charge in [-0.1, -0.05) is 24.8 Å². The number of fused-ring (bicyclic) bond motifs is 3. The molecule has 0 bridgehead atoms. The van der Waals surface area contributed by atoms with E-state index < -0.39 is 0 Å². The van der Waals surface area contributed by atoms with Gasteiger partial charge in [0.2, 0.25) is 0 Å². The summed E-state index contributed by atoms with van der Waals surface area (Å²) in [7, 11) is 0. The maximum atomic E-state index is 13.2. The van der Waals surface area contributed by atoms with Crippen LogP contribution in [0.4, 0.5) is 0 Å². The molecule has 1 aliphatic heterocycles. The number of rotatable bonds is 5. The Morgan fingerprint density at radius 3 is 3.12 bits per heavy atom. The molecule has 2 aliphatic rings. The molecule has 4 nitrogen and oxygen atoms in total. The van der Waals surface area contributed by atoms with Gasteiger partial charge in [0.15, 0.2) is 5.16 Å². The maximum Gasteiger partial charge on any atom is 0.263 e. The molecule has 4 rings (SSSR count). The molecule has 0 saturated carbocycles. The average molecular weight is 377 g/mol. The second-order valence-corrected chi connectivity index (χ2v) is 9.15. The molecule has 1 aliphatic carbocycles. The van der Waals surface area contributed by atoms with Crippen LogP contribution in [0.2, 0.25) is 0 Å². The Hall–Kier alpha value is -1.11. The molecule has 0 radical (unpaired) electrons. The van der Waals surface area contributed by atoms with Gasteiger partial charge < -0.3 is 4.74 Å². The summed E-state index contributed by atoms with van der Waals surface area (Å²) in [4.78, 5) is 20.4. The van der Waals surface area contributed by atoms with Crippen molar-refractivity contribution in [2.45, 2.75) is 56.8 Å². The van der Waals surface area contributed by atoms with Crippen LogP contribution in [0, 0.1) is 5.92 Å². The van der Waals surface area contributed by atoms with Crippen molar-refractivity contribution in [1.29, 1.82) is 0 Å². The van der Waals surface area contributed by atoms with E-state index in [0.717, 1.165) is 59.8 Å². The smallest absolute Gasteiger partial charge is 0.263 e. The molecule has 0 spiro atoms. The molecule has 6 heteroatoms. The van der Waals surface area contributed by atoms with Gasteiger partial charge in [-0.2, -0.15) is 0 Å². The molecule has 0 amide bonds. The Bertz CT molecular complexity index is 849. The van der Waals surface area contributed by atoms with Crippen LogP contribution in [0.5, 0.6) is 0 Å². The van der Waals surface area contributed by atoms with Gasteiger partial charge in [-0.15, -0.1) is 17.9 Å². The summed E-state index contributed by atoms with van der Waals surface area (Å²) in [6, 6.07) is 0. The predicted molar refractivity (Wildman–Crippen MR) is 105 cm³/mol. The zero-order valence-corrected chi connectivity index (χ0v) is 16.3. The zero-order valence-electron chi connectivity index (χ0n) is 14.6. The largest absolute Gasteiger partial charge is 0.377 e. The highest BCUT2D eigenvalue weighted by molar-refractivity contribution is 7.99. The van der Waals surface area contributed by atoms with E-state index in [4.69, 9.17) is 9.72 Å². The molecule has 2 atom stereocenters. The molecule has 134 valence electrons. The number of allylic oxidation sites excluding steroid dienone is 1. The van der Waals surface area contributed by atoms with Gasteiger partial charge >= 0.3 is 0 Å². The van der Waals surface area contributed by atoms with Crippen molar-refractivity contribution in [2.24, 2.45) is 5.92 Å². The summed E-state index contributed by atoms with van der Waals surface area (Å²) in [5.41, 5.74) is 1.36. The van der Waals surface area contributed by atoms with Crippen molar-refractivity contribution in [3.63, 3.8) is 0 Å². The van der Waals surface area contributed by atoms with E-state index in [9.17, 15) is 4.79 Å². The van der Waals surface area contributed by atoms with Crippen molar-refractivity contribution >= 4 is 33.3 Å². The topological polar surface area (TPSA) is 44.1 Å². The lowest BCUT2D eigenvalue weighted by Gasteiger charge is -2.17. The number of hydrogen-bond acceptors (Lipinski definition) is 5. The Balaban J connectivity index is 1.75. The van der Waals surface area contributed by atoms with Crippen LogP contribution in [0.15, 0.2) is 22.6 Å². The minimum absolute atomic E-state index is 0.104. The van der Waals surface area contributed by atoms with Gasteiger partial charge in [0.05, 0.1) is 11.5 Å². The Kier molecular flexibility index (Phi) is 5.02. The minimum atomic E-state index is 0.104. The average Bonchev–Trinajstić information content (AvgIpc) is 3.22. The van der Waals surface area contributed by atoms with E-state index in [1.807, 2.05) is 0 Å². The number of aromatic nitrogens is 2. The van der Waals surface area contributed by atoms with Crippen LogP contribution in [-0.4, -0.2) is 28.0 Å². The predicted octanol–water partition coefficient (Wildman–Crippen LogP) is 4.04. The van der Waals surface area contributed by atoms with Gasteiger partial charge in [0.25, 0.3) is 5.56 Å². The molecule has 2 aromatic heterocycles. The zero-order chi connectivity index (χ0) is 17.4. The summed E-state index contributed by atoms with van der Waals surface area (Å²) >= 11 is 3.37. The number of thiophene rings is 1. The Morgan fingerprint density at radius 2 is 2.36 bits per heavy atom. The summed E-state index contributed by atoms with van der Waals surface area (Å²) in [6.45, 7) is 7.48. The molecule has 25 heavy (non-hydrogen) atoms. The van der Waals surface area contributed by atoms with Crippen molar-refractivity contribution in [3.8, 4) is 0 Å². The Labute approximate surface area is 156 Å². The van der Waals surface area contributed by atoms with Crippen LogP contribution in [0.3, 0.4) is 0 Å². The fourth-order valence-electron chi connectivity index (χ4n) is 3.75. The molecule has 3 heterocycles. The summed E-state index contributed by atoms with van der Waals surface area (Å²) in [6.07, 6.45) is 7.55. The van der Waals surface area contributed by atoms with Gasteiger partial charge in [-0.25, -0.2) is 4.98 Å². The first-order chi connectivity index (χ1) is 12.2. The van der Waals surface area contributed by atoms with Crippen LogP contribution >= 0.6 is 23.1 Å². The standard InChI is InChI=1S/C19H24N2O2S2/c1-3-8-21-18(22)16-14-7-6-12(2)10-15(14)25-17(16)20-19(21)24-11-13-5-4-9-23-13/h3,12-13H,1,4-11H2,2H3/t12-,13+/m0/s1. The molecule has 2 aromatic rings. The third kappa shape index (κ3) is 3.32. The van der Waals surface area contributed by atoms with E-state index in [2.05, 4.69) is 13.5 Å². The lowest BCUT2D eigenvalue weighted by molar-refractivity contribution is 0.129. The highest BCUT2D eigenvalue weighted by atomic mass is 32.2. The molecule has 0 unspecified atom stereocenters. The fraction of sp³-hybridized carbons (Fsp3) is 0.579. The number of aryl methyl sites for hydroxylation is 1. The monoisotopic (exact) mass is 376 g/mol. The van der Waals surface area contributed by atoms with E-state index in [1.165, 1.54) is 10.4 Å². The van der Waals surface area contributed by atoms with Crippen LogP contribution in [0.25, 0.3) is 10.2 Å². The van der Waals surface area contributed by atoms with E-state index >= 15 is 0 Å². The van der Waals surface area contributed by atoms with Gasteiger partial charge in [-0.05, 0) is 43.6 Å². The van der Waals surface area contributed by atoms with Gasteiger partial charge in [-0.3, -0.25) is 9.36 Å². The summed E-state index contributed by atoms with van der Waals surface area (Å²) < 4.78 is 7.51. The molecule has 1 fully saturated rings. The highest BCUT2D eigenvalue weighted by Crippen LogP contribution is 2.36. The first kappa shape index (κ1) is 17.3. The van der Waals surface area contributed by atoms with E-state index in [0.29, 0.717) is 12.5 Å². The van der Waals surface area contributed by atoms with Gasteiger partial charge in [0.1, 0.15) is 4.83 Å². The fourth-order valence-corrected chi connectivity index (χ4v) is 6.25. The highest BCUT2D eigenvalue weighted by Gasteiger charge is 2.25. The molecule has 0 N–H and O–H groups in total. The van der Waals surface area contributed by atoms with Crippen LogP contribution in [0.1, 0.15) is 36.6 Å². The first-order valence-electron chi connectivity index (χ1n) is 9.07. The third-order valence-corrected chi connectivity index (χ3v) is 7.37. The normalized spacial score (nSPS) is 23.1. The number of nitrogens with zero attached hydrogens (tertiary/aromatic N) is 2. The number of ether oxygens (including phenoxy) is 1. The number of thioether (sulfide) groups is 1.